The summed E-state index contributed by atoms with van der Waals surface area (Å²) in [6.45, 7) is 0. The van der Waals surface area contributed by atoms with Crippen molar-refractivity contribution in [2.75, 3.05) is 0 Å². The highest BCUT2D eigenvalue weighted by molar-refractivity contribution is 7.26. The number of hydrogen-bond donors (Lipinski definition) is 0. The molecule has 0 N–H and O–H groups in total. The molecule has 0 saturated carbocycles. The molecule has 0 aliphatic rings. The number of para-hydroxylation sites is 2. The summed E-state index contributed by atoms with van der Waals surface area (Å²) in [5.41, 5.74) is 6.31. The Labute approximate surface area is 249 Å². The lowest BCUT2D eigenvalue weighted by Gasteiger charge is -2.11. The third-order valence-corrected chi connectivity index (χ3v) is 9.77. The molecular formula is C38H21N3OS. The minimum absolute atomic E-state index is 0.632. The number of nitrogens with zero attached hydrogens (tertiary/aromatic N) is 3. The molecule has 6 aromatic carbocycles. The zero-order valence-electron chi connectivity index (χ0n) is 22.8. The van der Waals surface area contributed by atoms with Crippen LogP contribution in [0.1, 0.15) is 0 Å². The maximum Gasteiger partial charge on any atom is 0.236 e. The van der Waals surface area contributed by atoms with Crippen LogP contribution in [0.25, 0.3) is 92.0 Å². The molecule has 10 rings (SSSR count). The normalized spacial score (nSPS) is 12.2. The van der Waals surface area contributed by atoms with Gasteiger partial charge in [-0.3, -0.25) is 4.57 Å². The monoisotopic (exact) mass is 567 g/mol. The van der Waals surface area contributed by atoms with Gasteiger partial charge in [-0.15, -0.1) is 11.3 Å². The van der Waals surface area contributed by atoms with Crippen LogP contribution in [0.3, 0.4) is 0 Å². The summed E-state index contributed by atoms with van der Waals surface area (Å²) in [5.74, 6) is 0.632. The Hall–Kier alpha value is -5.52. The van der Waals surface area contributed by atoms with Gasteiger partial charge < -0.3 is 4.42 Å². The Kier molecular flexibility index (Phi) is 4.57. The quantitative estimate of drug-likeness (QED) is 0.209. The lowest BCUT2D eigenvalue weighted by Crippen LogP contribution is -2.03. The molecule has 0 aliphatic carbocycles. The van der Waals surface area contributed by atoms with Gasteiger partial charge in [0.15, 0.2) is 5.58 Å². The second kappa shape index (κ2) is 8.51. The first kappa shape index (κ1) is 23.1. The van der Waals surface area contributed by atoms with Gasteiger partial charge >= 0.3 is 0 Å². The van der Waals surface area contributed by atoms with E-state index in [4.69, 9.17) is 14.4 Å². The summed E-state index contributed by atoms with van der Waals surface area (Å²) < 4.78 is 11.3. The fourth-order valence-electron chi connectivity index (χ4n) is 6.78. The topological polar surface area (TPSA) is 43.9 Å². The van der Waals surface area contributed by atoms with Crippen LogP contribution in [0, 0.1) is 0 Å². The van der Waals surface area contributed by atoms with E-state index in [1.165, 1.54) is 30.9 Å². The predicted octanol–water partition coefficient (Wildman–Crippen LogP) is 10.7. The third kappa shape index (κ3) is 3.14. The molecule has 43 heavy (non-hydrogen) atoms. The molecule has 4 heterocycles. The predicted molar refractivity (Wildman–Crippen MR) is 179 cm³/mol. The van der Waals surface area contributed by atoms with Crippen LogP contribution in [0.5, 0.6) is 0 Å². The molecule has 4 aromatic heterocycles. The van der Waals surface area contributed by atoms with Gasteiger partial charge in [-0.1, -0.05) is 91.0 Å². The van der Waals surface area contributed by atoms with E-state index in [9.17, 15) is 0 Å². The Balaban J connectivity index is 1.39. The molecule has 5 heteroatoms. The maximum absolute atomic E-state index is 6.50. The standard InChI is InChI=1S/C38H21N3OS/c1-2-12-23-22(10-1)11-9-16-24(23)35-37-36(26-14-4-7-18-30(26)42-37)40-38(39-35)41-28-17-6-3-13-25(28)33-29(41)20-21-32-34(33)27-15-5-8-19-31(27)43-32/h1-21H. The number of furan rings is 1. The largest absolute Gasteiger partial charge is 0.452 e. The molecule has 0 amide bonds. The molecule has 0 atom stereocenters. The second-order valence-corrected chi connectivity index (χ2v) is 12.0. The Morgan fingerprint density at radius 3 is 2.21 bits per heavy atom. The van der Waals surface area contributed by atoms with Gasteiger partial charge in [0.1, 0.15) is 16.8 Å². The van der Waals surface area contributed by atoms with Crippen molar-refractivity contribution in [3.05, 3.63) is 127 Å². The van der Waals surface area contributed by atoms with Crippen LogP contribution in [0.2, 0.25) is 0 Å². The summed E-state index contributed by atoms with van der Waals surface area (Å²) in [6, 6.07) is 44.7. The smallest absolute Gasteiger partial charge is 0.236 e. The lowest BCUT2D eigenvalue weighted by atomic mass is 10.0. The Morgan fingerprint density at radius 1 is 0.535 bits per heavy atom. The molecule has 4 nitrogen and oxygen atoms in total. The van der Waals surface area contributed by atoms with Crippen molar-refractivity contribution in [1.82, 2.24) is 14.5 Å². The number of rotatable bonds is 2. The van der Waals surface area contributed by atoms with Crippen molar-refractivity contribution in [2.24, 2.45) is 0 Å². The minimum atomic E-state index is 0.632. The Bertz CT molecular complexity index is 2740. The van der Waals surface area contributed by atoms with Crippen LogP contribution < -0.4 is 0 Å². The molecule has 0 aliphatic heterocycles. The zero-order valence-corrected chi connectivity index (χ0v) is 23.6. The number of thiophene rings is 1. The van der Waals surface area contributed by atoms with E-state index in [2.05, 4.69) is 114 Å². The number of fused-ring (bicyclic) bond motifs is 11. The first-order valence-electron chi connectivity index (χ1n) is 14.3. The van der Waals surface area contributed by atoms with Gasteiger partial charge in [0.05, 0.1) is 11.0 Å². The van der Waals surface area contributed by atoms with E-state index in [0.717, 1.165) is 49.5 Å². The first-order chi connectivity index (χ1) is 21.3. The van der Waals surface area contributed by atoms with Gasteiger partial charge in [0.2, 0.25) is 5.95 Å². The van der Waals surface area contributed by atoms with Gasteiger partial charge in [0, 0.05) is 41.9 Å². The molecule has 0 fully saturated rings. The molecule has 0 saturated heterocycles. The number of hydrogen-bond acceptors (Lipinski definition) is 4. The molecule has 0 radical (unpaired) electrons. The second-order valence-electron chi connectivity index (χ2n) is 11.0. The van der Waals surface area contributed by atoms with Crippen molar-refractivity contribution in [2.45, 2.75) is 0 Å². The fourth-order valence-corrected chi connectivity index (χ4v) is 7.90. The van der Waals surface area contributed by atoms with Crippen LogP contribution >= 0.6 is 11.3 Å². The number of aromatic nitrogens is 3. The Morgan fingerprint density at radius 2 is 1.28 bits per heavy atom. The van der Waals surface area contributed by atoms with Gasteiger partial charge in [-0.25, -0.2) is 9.97 Å². The van der Waals surface area contributed by atoms with Crippen molar-refractivity contribution in [3.63, 3.8) is 0 Å². The van der Waals surface area contributed by atoms with Gasteiger partial charge in [-0.2, -0.15) is 0 Å². The molecule has 200 valence electrons. The summed E-state index contributed by atoms with van der Waals surface area (Å²) >= 11 is 1.84. The highest BCUT2D eigenvalue weighted by Crippen LogP contribution is 2.44. The summed E-state index contributed by atoms with van der Waals surface area (Å²) in [7, 11) is 0. The van der Waals surface area contributed by atoms with Gasteiger partial charge in [0.25, 0.3) is 0 Å². The third-order valence-electron chi connectivity index (χ3n) is 8.63. The fraction of sp³-hybridized carbons (Fsp3) is 0. The van der Waals surface area contributed by atoms with Crippen molar-refractivity contribution in [3.8, 4) is 17.2 Å². The van der Waals surface area contributed by atoms with Gasteiger partial charge in [-0.05, 0) is 47.2 Å². The highest BCUT2D eigenvalue weighted by Gasteiger charge is 2.23. The zero-order chi connectivity index (χ0) is 28.1. The van der Waals surface area contributed by atoms with Crippen LogP contribution in [-0.4, -0.2) is 14.5 Å². The van der Waals surface area contributed by atoms with Crippen molar-refractivity contribution in [1.29, 1.82) is 0 Å². The SMILES string of the molecule is c1ccc2c(-c3nc(-n4c5ccccc5c5c6c(ccc54)sc4ccccc46)nc4c3oc3ccccc34)cccc2c1. The highest BCUT2D eigenvalue weighted by atomic mass is 32.1. The van der Waals surface area contributed by atoms with Crippen molar-refractivity contribution >= 4 is 86.2 Å². The summed E-state index contributed by atoms with van der Waals surface area (Å²) in [5, 5.41) is 8.27. The molecule has 0 bridgehead atoms. The summed E-state index contributed by atoms with van der Waals surface area (Å²) in [6.07, 6.45) is 0. The van der Waals surface area contributed by atoms with E-state index in [0.29, 0.717) is 11.5 Å². The molecule has 0 spiro atoms. The average Bonchev–Trinajstić information content (AvgIpc) is 3.73. The maximum atomic E-state index is 6.50. The summed E-state index contributed by atoms with van der Waals surface area (Å²) in [4.78, 5) is 10.6. The molecule has 0 unspecified atom stereocenters. The van der Waals surface area contributed by atoms with Crippen LogP contribution in [0.4, 0.5) is 0 Å². The van der Waals surface area contributed by atoms with E-state index >= 15 is 0 Å². The average molecular weight is 568 g/mol. The number of benzene rings is 6. The van der Waals surface area contributed by atoms with Crippen molar-refractivity contribution < 1.29 is 4.42 Å². The van der Waals surface area contributed by atoms with E-state index in [-0.39, 0.29) is 0 Å². The lowest BCUT2D eigenvalue weighted by molar-refractivity contribution is 0.666. The molecule has 10 aromatic rings. The first-order valence-corrected chi connectivity index (χ1v) is 15.2. The van der Waals surface area contributed by atoms with E-state index in [1.54, 1.807) is 0 Å². The molecular weight excluding hydrogens is 547 g/mol. The van der Waals surface area contributed by atoms with Crippen LogP contribution in [-0.2, 0) is 0 Å². The van der Waals surface area contributed by atoms with E-state index in [1.807, 2.05) is 29.5 Å². The van der Waals surface area contributed by atoms with Crippen LogP contribution in [0.15, 0.2) is 132 Å². The minimum Gasteiger partial charge on any atom is -0.452 e. The van der Waals surface area contributed by atoms with E-state index < -0.39 is 0 Å².